The zero-order valence-electron chi connectivity index (χ0n) is 15.6. The number of nitrogens with two attached hydrogens (primary N) is 1. The molecule has 144 valence electrons. The molecule has 1 aromatic carbocycles. The lowest BCUT2D eigenvalue weighted by atomic mass is 9.83. The summed E-state index contributed by atoms with van der Waals surface area (Å²) in [7, 11) is 0. The Kier molecular flexibility index (Phi) is 4.61. The number of fused-ring (bicyclic) bond motifs is 1. The van der Waals surface area contributed by atoms with Gasteiger partial charge in [-0.3, -0.25) is 9.78 Å². The first kappa shape index (κ1) is 18.4. The van der Waals surface area contributed by atoms with Crippen molar-refractivity contribution in [3.63, 3.8) is 0 Å². The predicted molar refractivity (Wildman–Crippen MR) is 104 cm³/mol. The van der Waals surface area contributed by atoms with Crippen LogP contribution in [-0.2, 0) is 6.54 Å². The third-order valence-corrected chi connectivity index (χ3v) is 4.95. The minimum atomic E-state index is -0.951. The number of nitrogens with zero attached hydrogens (tertiary/aromatic N) is 3. The zero-order chi connectivity index (χ0) is 20.5. The molecule has 1 unspecified atom stereocenters. The molecular weight excluding hydrogens is 371 g/mol. The topological polar surface area (TPSA) is 93.9 Å². The van der Waals surface area contributed by atoms with Crippen LogP contribution in [0.3, 0.4) is 0 Å². The van der Waals surface area contributed by atoms with Crippen LogP contribution in [0.4, 0.5) is 4.39 Å². The van der Waals surface area contributed by atoms with E-state index in [-0.39, 0.29) is 40.4 Å². The van der Waals surface area contributed by atoms with Crippen LogP contribution in [0.1, 0.15) is 28.4 Å². The second kappa shape index (κ2) is 7.24. The highest BCUT2D eigenvalue weighted by molar-refractivity contribution is 5.55. The molecule has 1 atom stereocenters. The zero-order valence-corrected chi connectivity index (χ0v) is 15.6. The van der Waals surface area contributed by atoms with Crippen LogP contribution in [0.25, 0.3) is 0 Å². The van der Waals surface area contributed by atoms with Crippen LogP contribution in [-0.4, -0.2) is 9.55 Å². The number of hydrogen-bond donors (Lipinski definition) is 1. The van der Waals surface area contributed by atoms with Crippen LogP contribution in [0.5, 0.6) is 5.75 Å². The molecule has 0 spiro atoms. The van der Waals surface area contributed by atoms with Crippen molar-refractivity contribution in [2.24, 2.45) is 5.73 Å². The van der Waals surface area contributed by atoms with Crippen molar-refractivity contribution >= 4 is 0 Å². The lowest BCUT2D eigenvalue weighted by molar-refractivity contribution is 0.387. The average molecular weight is 388 g/mol. The molecule has 1 aliphatic heterocycles. The van der Waals surface area contributed by atoms with E-state index in [1.165, 1.54) is 10.6 Å². The van der Waals surface area contributed by atoms with Gasteiger partial charge in [-0.15, -0.1) is 0 Å². The minimum Gasteiger partial charge on any atom is -0.440 e. The molecule has 0 amide bonds. The Labute approximate surface area is 166 Å². The summed E-state index contributed by atoms with van der Waals surface area (Å²) in [4.78, 5) is 17.7. The van der Waals surface area contributed by atoms with E-state index in [2.05, 4.69) is 4.98 Å². The van der Waals surface area contributed by atoms with Gasteiger partial charge in [0.15, 0.2) is 0 Å². The summed E-state index contributed by atoms with van der Waals surface area (Å²) >= 11 is 0. The van der Waals surface area contributed by atoms with Crippen molar-refractivity contribution in [3.8, 4) is 11.8 Å². The highest BCUT2D eigenvalue weighted by atomic mass is 19.1. The summed E-state index contributed by atoms with van der Waals surface area (Å²) in [6.07, 6.45) is 1.65. The van der Waals surface area contributed by atoms with E-state index < -0.39 is 11.7 Å². The Bertz CT molecular complexity index is 1230. The molecule has 0 fully saturated rings. The van der Waals surface area contributed by atoms with E-state index in [9.17, 15) is 14.4 Å². The third kappa shape index (κ3) is 3.15. The molecule has 0 saturated carbocycles. The van der Waals surface area contributed by atoms with Gasteiger partial charge < -0.3 is 15.0 Å². The smallest absolute Gasteiger partial charge is 0.259 e. The normalized spacial score (nSPS) is 15.4. The number of halogens is 1. The molecule has 0 radical (unpaired) electrons. The molecule has 3 heterocycles. The molecule has 7 heteroatoms. The Morgan fingerprint density at radius 2 is 2.03 bits per heavy atom. The third-order valence-electron chi connectivity index (χ3n) is 4.95. The number of aryl methyl sites for hydroxylation is 1. The summed E-state index contributed by atoms with van der Waals surface area (Å²) in [5.74, 6) is -1.38. The Morgan fingerprint density at radius 3 is 2.72 bits per heavy atom. The second-order valence-electron chi connectivity index (χ2n) is 6.72. The minimum absolute atomic E-state index is 0.00735. The molecular formula is C22H17FN4O2. The Balaban J connectivity index is 1.96. The standard InChI is InChI=1S/C22H17FN4O2/c1-13-10-18-20(22(28)27(13)12-14-6-4-5-9-26-14)19(16(11-24)21(25)29-18)15-7-2-3-8-17(15)23/h2-10,19H,12,25H2,1H3. The first-order chi connectivity index (χ1) is 14.0. The molecule has 6 nitrogen and oxygen atoms in total. The van der Waals surface area contributed by atoms with Gasteiger partial charge in [0.2, 0.25) is 5.88 Å². The number of hydrogen-bond acceptors (Lipinski definition) is 5. The SMILES string of the molecule is Cc1cc2c(c(=O)n1Cc1ccccn1)C(c1ccccc1F)C(C#N)=C(N)O2. The van der Waals surface area contributed by atoms with Crippen LogP contribution in [0, 0.1) is 24.1 Å². The number of pyridine rings is 2. The molecule has 4 rings (SSSR count). The van der Waals surface area contributed by atoms with Gasteiger partial charge in [-0.05, 0) is 25.1 Å². The summed E-state index contributed by atoms with van der Waals surface area (Å²) in [6.45, 7) is 2.01. The first-order valence-corrected chi connectivity index (χ1v) is 8.97. The molecule has 2 aromatic heterocycles. The van der Waals surface area contributed by atoms with Gasteiger partial charge in [-0.25, -0.2) is 4.39 Å². The van der Waals surface area contributed by atoms with E-state index in [0.29, 0.717) is 11.4 Å². The van der Waals surface area contributed by atoms with E-state index in [1.807, 2.05) is 18.2 Å². The molecule has 1 aliphatic rings. The van der Waals surface area contributed by atoms with Crippen LogP contribution in [0.2, 0.25) is 0 Å². The second-order valence-corrected chi connectivity index (χ2v) is 6.72. The van der Waals surface area contributed by atoms with Gasteiger partial charge in [0.25, 0.3) is 5.56 Å². The average Bonchev–Trinajstić information content (AvgIpc) is 2.71. The number of nitriles is 1. The van der Waals surface area contributed by atoms with Crippen molar-refractivity contribution in [1.29, 1.82) is 5.26 Å². The van der Waals surface area contributed by atoms with E-state index in [4.69, 9.17) is 10.5 Å². The molecule has 2 N–H and O–H groups in total. The fourth-order valence-corrected chi connectivity index (χ4v) is 3.56. The van der Waals surface area contributed by atoms with Gasteiger partial charge in [0.05, 0.1) is 23.7 Å². The fourth-order valence-electron chi connectivity index (χ4n) is 3.56. The summed E-state index contributed by atoms with van der Waals surface area (Å²) in [6, 6.07) is 15.1. The van der Waals surface area contributed by atoms with Crippen molar-refractivity contribution in [2.45, 2.75) is 19.4 Å². The Hall–Kier alpha value is -3.92. The van der Waals surface area contributed by atoms with E-state index in [1.54, 1.807) is 43.5 Å². The highest BCUT2D eigenvalue weighted by Crippen LogP contribution is 2.41. The van der Waals surface area contributed by atoms with Gasteiger partial charge in [-0.1, -0.05) is 24.3 Å². The number of ether oxygens (including phenoxy) is 1. The van der Waals surface area contributed by atoms with E-state index in [0.717, 1.165) is 0 Å². The van der Waals surface area contributed by atoms with Crippen molar-refractivity contribution in [1.82, 2.24) is 9.55 Å². The van der Waals surface area contributed by atoms with Gasteiger partial charge in [0.1, 0.15) is 23.2 Å². The number of aromatic nitrogens is 2. The van der Waals surface area contributed by atoms with Crippen LogP contribution < -0.4 is 16.0 Å². The van der Waals surface area contributed by atoms with Crippen molar-refractivity contribution < 1.29 is 9.13 Å². The van der Waals surface area contributed by atoms with Crippen molar-refractivity contribution in [2.75, 3.05) is 0 Å². The predicted octanol–water partition coefficient (Wildman–Crippen LogP) is 2.96. The lowest BCUT2D eigenvalue weighted by Gasteiger charge is -2.27. The first-order valence-electron chi connectivity index (χ1n) is 8.97. The largest absolute Gasteiger partial charge is 0.440 e. The molecule has 0 saturated heterocycles. The van der Waals surface area contributed by atoms with Crippen molar-refractivity contribution in [3.05, 3.63) is 105 Å². The molecule has 3 aromatic rings. The number of benzene rings is 1. The quantitative estimate of drug-likeness (QED) is 0.744. The van der Waals surface area contributed by atoms with E-state index >= 15 is 0 Å². The fraction of sp³-hybridized carbons (Fsp3) is 0.136. The summed E-state index contributed by atoms with van der Waals surface area (Å²) in [5.41, 5.74) is 7.29. The molecule has 29 heavy (non-hydrogen) atoms. The van der Waals surface area contributed by atoms with Gasteiger partial charge in [0, 0.05) is 23.5 Å². The maximum atomic E-state index is 14.6. The summed E-state index contributed by atoms with van der Waals surface area (Å²) < 4.78 is 21.7. The van der Waals surface area contributed by atoms with Gasteiger partial charge >= 0.3 is 0 Å². The molecule has 0 bridgehead atoms. The summed E-state index contributed by atoms with van der Waals surface area (Å²) in [5, 5.41) is 9.65. The maximum absolute atomic E-state index is 14.6. The monoisotopic (exact) mass is 388 g/mol. The Morgan fingerprint density at radius 1 is 1.28 bits per heavy atom. The number of rotatable bonds is 3. The highest BCUT2D eigenvalue weighted by Gasteiger charge is 2.35. The number of allylic oxidation sites excluding steroid dienone is 1. The van der Waals surface area contributed by atoms with Crippen LogP contribution in [0.15, 0.2) is 71.0 Å². The van der Waals surface area contributed by atoms with Gasteiger partial charge in [-0.2, -0.15) is 5.26 Å². The maximum Gasteiger partial charge on any atom is 0.259 e. The van der Waals surface area contributed by atoms with Crippen LogP contribution >= 0.6 is 0 Å². The molecule has 0 aliphatic carbocycles. The lowest BCUT2D eigenvalue weighted by Crippen LogP contribution is -2.33.